The Hall–Kier alpha value is -1.01. The number of nitrogens with zero attached hydrogens (tertiary/aromatic N) is 2. The van der Waals surface area contributed by atoms with Gasteiger partial charge in [0.2, 0.25) is 0 Å². The summed E-state index contributed by atoms with van der Waals surface area (Å²) in [5, 5.41) is 3.98. The highest BCUT2D eigenvalue weighted by atomic mass is 79.9. The van der Waals surface area contributed by atoms with E-state index in [9.17, 15) is 0 Å². The lowest BCUT2D eigenvalue weighted by atomic mass is 10.2. The van der Waals surface area contributed by atoms with Crippen molar-refractivity contribution in [1.82, 2.24) is 10.1 Å². The highest BCUT2D eigenvalue weighted by molar-refractivity contribution is 9.10. The van der Waals surface area contributed by atoms with E-state index in [0.717, 1.165) is 21.5 Å². The van der Waals surface area contributed by atoms with Crippen LogP contribution in [-0.4, -0.2) is 15.9 Å². The molecule has 2 N–H and O–H groups in total. The van der Waals surface area contributed by atoms with Crippen LogP contribution in [0.2, 0.25) is 0 Å². The van der Waals surface area contributed by atoms with Crippen molar-refractivity contribution < 1.29 is 4.52 Å². The van der Waals surface area contributed by atoms with Crippen LogP contribution >= 0.6 is 27.7 Å². The summed E-state index contributed by atoms with van der Waals surface area (Å²) < 4.78 is 6.10. The summed E-state index contributed by atoms with van der Waals surface area (Å²) in [6.07, 6.45) is 0. The molecule has 0 bridgehead atoms. The molecule has 0 unspecified atom stereocenters. The number of nitrogens with two attached hydrogens (primary N) is 1. The van der Waals surface area contributed by atoms with Crippen molar-refractivity contribution in [2.45, 2.75) is 19.6 Å². The van der Waals surface area contributed by atoms with Crippen LogP contribution in [0.25, 0.3) is 11.5 Å². The van der Waals surface area contributed by atoms with Gasteiger partial charge in [0.1, 0.15) is 0 Å². The Labute approximate surface area is 125 Å². The van der Waals surface area contributed by atoms with E-state index in [4.69, 9.17) is 10.3 Å². The first-order valence-corrected chi connectivity index (χ1v) is 7.97. The van der Waals surface area contributed by atoms with Gasteiger partial charge < -0.3 is 10.3 Å². The van der Waals surface area contributed by atoms with Crippen molar-refractivity contribution in [3.05, 3.63) is 28.5 Å². The molecular formula is C13H16BrN3OS. The molecule has 2 aromatic rings. The minimum Gasteiger partial charge on any atom is -0.397 e. The molecule has 102 valence electrons. The fourth-order valence-corrected chi connectivity index (χ4v) is 2.79. The van der Waals surface area contributed by atoms with Gasteiger partial charge in [-0.05, 0) is 39.7 Å². The van der Waals surface area contributed by atoms with E-state index in [1.54, 1.807) is 11.8 Å². The average Bonchev–Trinajstić information content (AvgIpc) is 2.81. The van der Waals surface area contributed by atoms with Crippen LogP contribution in [0.15, 0.2) is 27.2 Å². The summed E-state index contributed by atoms with van der Waals surface area (Å²) in [5.41, 5.74) is 7.37. The van der Waals surface area contributed by atoms with E-state index in [1.165, 1.54) is 0 Å². The first-order valence-electron chi connectivity index (χ1n) is 6.02. The number of halogens is 1. The van der Waals surface area contributed by atoms with Gasteiger partial charge in [-0.15, -0.1) is 0 Å². The first-order chi connectivity index (χ1) is 9.08. The maximum absolute atomic E-state index is 5.98. The molecule has 1 aromatic heterocycles. The molecule has 0 radical (unpaired) electrons. The summed E-state index contributed by atoms with van der Waals surface area (Å²) in [6, 6.07) is 5.65. The predicted molar refractivity (Wildman–Crippen MR) is 82.8 cm³/mol. The van der Waals surface area contributed by atoms with Crippen LogP contribution in [0.1, 0.15) is 19.7 Å². The van der Waals surface area contributed by atoms with Crippen LogP contribution in [0.3, 0.4) is 0 Å². The number of para-hydroxylation sites is 1. The summed E-state index contributed by atoms with van der Waals surface area (Å²) >= 11 is 5.19. The van der Waals surface area contributed by atoms with Crippen molar-refractivity contribution in [2.24, 2.45) is 5.92 Å². The van der Waals surface area contributed by atoms with Crippen molar-refractivity contribution in [3.63, 3.8) is 0 Å². The van der Waals surface area contributed by atoms with Crippen LogP contribution in [0.4, 0.5) is 5.69 Å². The molecule has 0 atom stereocenters. The van der Waals surface area contributed by atoms with Gasteiger partial charge >= 0.3 is 0 Å². The Kier molecular flexibility index (Phi) is 4.87. The SMILES string of the molecule is CC(C)CSCc1noc(-c2cccc(Br)c2N)n1. The Balaban J connectivity index is 2.10. The minimum absolute atomic E-state index is 0.471. The quantitative estimate of drug-likeness (QED) is 0.833. The second kappa shape index (κ2) is 6.43. The third kappa shape index (κ3) is 3.73. The molecule has 0 aliphatic heterocycles. The van der Waals surface area contributed by atoms with Gasteiger partial charge in [-0.3, -0.25) is 0 Å². The summed E-state index contributed by atoms with van der Waals surface area (Å²) in [7, 11) is 0. The van der Waals surface area contributed by atoms with Gasteiger partial charge in [0.25, 0.3) is 5.89 Å². The van der Waals surface area contributed by atoms with Crippen LogP contribution in [0.5, 0.6) is 0 Å². The maximum atomic E-state index is 5.98. The average molecular weight is 342 g/mol. The zero-order chi connectivity index (χ0) is 13.8. The van der Waals surface area contributed by atoms with E-state index in [0.29, 0.717) is 23.3 Å². The minimum atomic E-state index is 0.471. The molecule has 0 amide bonds. The molecule has 1 heterocycles. The van der Waals surface area contributed by atoms with E-state index in [1.807, 2.05) is 18.2 Å². The molecule has 0 fully saturated rings. The van der Waals surface area contributed by atoms with Crippen molar-refractivity contribution >= 4 is 33.4 Å². The maximum Gasteiger partial charge on any atom is 0.260 e. The first kappa shape index (κ1) is 14.4. The standard InChI is InChI=1S/C13H16BrN3OS/c1-8(2)6-19-7-11-16-13(18-17-11)9-4-3-5-10(14)12(9)15/h3-5,8H,6-7,15H2,1-2H3. The van der Waals surface area contributed by atoms with Crippen LogP contribution in [-0.2, 0) is 5.75 Å². The van der Waals surface area contributed by atoms with Gasteiger partial charge in [0.05, 0.1) is 17.0 Å². The Morgan fingerprint density at radius 3 is 2.95 bits per heavy atom. The highest BCUT2D eigenvalue weighted by Gasteiger charge is 2.13. The molecule has 0 aliphatic rings. The zero-order valence-electron chi connectivity index (χ0n) is 10.9. The van der Waals surface area contributed by atoms with Gasteiger partial charge in [-0.1, -0.05) is 25.1 Å². The summed E-state index contributed by atoms with van der Waals surface area (Å²) in [5.74, 6) is 3.69. The molecular weight excluding hydrogens is 326 g/mol. The van der Waals surface area contributed by atoms with Crippen molar-refractivity contribution in [1.29, 1.82) is 0 Å². The third-order valence-corrected chi connectivity index (χ3v) is 4.49. The lowest BCUT2D eigenvalue weighted by Crippen LogP contribution is -1.93. The van der Waals surface area contributed by atoms with E-state index >= 15 is 0 Å². The van der Waals surface area contributed by atoms with E-state index < -0.39 is 0 Å². The second-order valence-corrected chi connectivity index (χ2v) is 6.51. The molecule has 0 saturated heterocycles. The van der Waals surface area contributed by atoms with E-state index in [2.05, 4.69) is 39.9 Å². The number of rotatable bonds is 5. The number of hydrogen-bond donors (Lipinski definition) is 1. The lowest BCUT2D eigenvalue weighted by molar-refractivity contribution is 0.425. The molecule has 0 saturated carbocycles. The Morgan fingerprint density at radius 2 is 2.21 bits per heavy atom. The number of aromatic nitrogens is 2. The molecule has 0 aliphatic carbocycles. The zero-order valence-corrected chi connectivity index (χ0v) is 13.3. The van der Waals surface area contributed by atoms with Gasteiger partial charge in [-0.2, -0.15) is 16.7 Å². The fraction of sp³-hybridized carbons (Fsp3) is 0.385. The fourth-order valence-electron chi connectivity index (χ4n) is 1.53. The molecule has 2 rings (SSSR count). The van der Waals surface area contributed by atoms with Gasteiger partial charge in [0.15, 0.2) is 5.82 Å². The largest absolute Gasteiger partial charge is 0.397 e. The number of benzene rings is 1. The topological polar surface area (TPSA) is 64.9 Å². The molecule has 4 nitrogen and oxygen atoms in total. The van der Waals surface area contributed by atoms with Crippen molar-refractivity contribution in [2.75, 3.05) is 11.5 Å². The number of nitrogen functional groups attached to an aromatic ring is 1. The predicted octanol–water partition coefficient (Wildman–Crippen LogP) is 3.97. The molecule has 1 aromatic carbocycles. The van der Waals surface area contributed by atoms with Crippen LogP contribution < -0.4 is 5.73 Å². The van der Waals surface area contributed by atoms with Gasteiger partial charge in [0, 0.05) is 4.47 Å². The van der Waals surface area contributed by atoms with Crippen LogP contribution in [0, 0.1) is 5.92 Å². The smallest absolute Gasteiger partial charge is 0.260 e. The normalized spacial score (nSPS) is 11.2. The lowest BCUT2D eigenvalue weighted by Gasteiger charge is -2.02. The third-order valence-electron chi connectivity index (χ3n) is 2.43. The van der Waals surface area contributed by atoms with E-state index in [-0.39, 0.29) is 0 Å². The summed E-state index contributed by atoms with van der Waals surface area (Å²) in [4.78, 5) is 4.38. The summed E-state index contributed by atoms with van der Waals surface area (Å²) in [6.45, 7) is 4.38. The molecule has 6 heteroatoms. The Morgan fingerprint density at radius 1 is 1.42 bits per heavy atom. The second-order valence-electron chi connectivity index (χ2n) is 4.63. The highest BCUT2D eigenvalue weighted by Crippen LogP contribution is 2.30. The monoisotopic (exact) mass is 341 g/mol. The number of hydrogen-bond acceptors (Lipinski definition) is 5. The number of anilines is 1. The van der Waals surface area contributed by atoms with Crippen molar-refractivity contribution in [3.8, 4) is 11.5 Å². The molecule has 0 spiro atoms. The molecule has 19 heavy (non-hydrogen) atoms. The number of thioether (sulfide) groups is 1. The Bertz CT molecular complexity index is 557. The van der Waals surface area contributed by atoms with Gasteiger partial charge in [-0.25, -0.2) is 0 Å².